The summed E-state index contributed by atoms with van der Waals surface area (Å²) in [7, 11) is 2.24. The molecule has 1 heterocycles. The van der Waals surface area contributed by atoms with Crippen LogP contribution in [0.1, 0.15) is 41.5 Å². The Labute approximate surface area is 114 Å². The molecule has 18 heavy (non-hydrogen) atoms. The van der Waals surface area contributed by atoms with Crippen molar-refractivity contribution in [2.24, 2.45) is 5.92 Å². The van der Waals surface area contributed by atoms with Gasteiger partial charge in [-0.2, -0.15) is 0 Å². The molecule has 0 spiro atoms. The first-order valence-electron chi connectivity index (χ1n) is 7.29. The summed E-state index contributed by atoms with van der Waals surface area (Å²) in [5.74, 6) is 0.712. The second-order valence-corrected chi connectivity index (χ2v) is 7.71. The van der Waals surface area contributed by atoms with Crippen LogP contribution < -0.4 is 5.32 Å². The smallest absolute Gasteiger partial charge is 0.0277 e. The summed E-state index contributed by atoms with van der Waals surface area (Å²) in [4.78, 5) is 5.09. The van der Waals surface area contributed by atoms with Crippen molar-refractivity contribution in [1.82, 2.24) is 15.1 Å². The second-order valence-electron chi connectivity index (χ2n) is 7.71. The second kappa shape index (κ2) is 5.89. The Kier molecular flexibility index (Phi) is 5.22. The van der Waals surface area contributed by atoms with Crippen LogP contribution in [0.5, 0.6) is 0 Å². The average molecular weight is 255 g/mol. The van der Waals surface area contributed by atoms with Gasteiger partial charge >= 0.3 is 0 Å². The molecule has 0 aromatic rings. The van der Waals surface area contributed by atoms with E-state index in [1.165, 1.54) is 26.2 Å². The molecule has 0 aromatic heterocycles. The van der Waals surface area contributed by atoms with Gasteiger partial charge in [0.25, 0.3) is 0 Å². The van der Waals surface area contributed by atoms with Gasteiger partial charge in [-0.15, -0.1) is 0 Å². The summed E-state index contributed by atoms with van der Waals surface area (Å²) in [6.45, 7) is 19.6. The summed E-state index contributed by atoms with van der Waals surface area (Å²) in [6.07, 6.45) is 0. The Morgan fingerprint density at radius 2 is 1.83 bits per heavy atom. The minimum atomic E-state index is 0.232. The normalized spacial score (nSPS) is 24.2. The van der Waals surface area contributed by atoms with Crippen molar-refractivity contribution in [3.63, 3.8) is 0 Å². The zero-order valence-corrected chi connectivity index (χ0v) is 13.5. The lowest BCUT2D eigenvalue weighted by molar-refractivity contribution is 0.0329. The number of nitrogens with zero attached hydrogens (tertiary/aromatic N) is 2. The van der Waals surface area contributed by atoms with Gasteiger partial charge in [-0.05, 0) is 54.1 Å². The lowest BCUT2D eigenvalue weighted by atomic mass is 9.98. The van der Waals surface area contributed by atoms with Gasteiger partial charge in [0.1, 0.15) is 0 Å². The average Bonchev–Trinajstić information content (AvgIpc) is 2.19. The summed E-state index contributed by atoms with van der Waals surface area (Å²) in [5.41, 5.74) is 0.547. The van der Waals surface area contributed by atoms with Gasteiger partial charge in [0.15, 0.2) is 0 Å². The van der Waals surface area contributed by atoms with E-state index in [-0.39, 0.29) is 5.54 Å². The third kappa shape index (κ3) is 5.25. The van der Waals surface area contributed by atoms with Gasteiger partial charge in [0, 0.05) is 37.3 Å². The highest BCUT2D eigenvalue weighted by atomic mass is 15.3. The molecule has 0 aliphatic carbocycles. The predicted molar refractivity (Wildman–Crippen MR) is 80.1 cm³/mol. The molecule has 0 saturated carbocycles. The predicted octanol–water partition coefficient (Wildman–Crippen LogP) is 2.04. The molecule has 1 aliphatic rings. The molecule has 1 rings (SSSR count). The lowest BCUT2D eigenvalue weighted by Gasteiger charge is -2.46. The Hall–Kier alpha value is -0.120. The molecule has 3 nitrogen and oxygen atoms in total. The van der Waals surface area contributed by atoms with E-state index in [4.69, 9.17) is 0 Å². The van der Waals surface area contributed by atoms with Crippen molar-refractivity contribution in [3.05, 3.63) is 0 Å². The van der Waals surface area contributed by atoms with Gasteiger partial charge < -0.3 is 5.32 Å². The molecule has 1 atom stereocenters. The Morgan fingerprint density at radius 3 is 2.33 bits per heavy atom. The molecule has 0 bridgehead atoms. The van der Waals surface area contributed by atoms with Crippen molar-refractivity contribution in [2.75, 3.05) is 39.8 Å². The van der Waals surface area contributed by atoms with E-state index in [0.717, 1.165) is 6.54 Å². The zero-order chi connectivity index (χ0) is 14.0. The minimum absolute atomic E-state index is 0.232. The van der Waals surface area contributed by atoms with Gasteiger partial charge in [-0.25, -0.2) is 0 Å². The topological polar surface area (TPSA) is 18.5 Å². The first-order valence-corrected chi connectivity index (χ1v) is 7.29. The van der Waals surface area contributed by atoms with Gasteiger partial charge in [-0.3, -0.25) is 9.80 Å². The van der Waals surface area contributed by atoms with Gasteiger partial charge in [-0.1, -0.05) is 6.92 Å². The molecule has 0 radical (unpaired) electrons. The molecule has 0 amide bonds. The van der Waals surface area contributed by atoms with E-state index in [1.54, 1.807) is 0 Å². The van der Waals surface area contributed by atoms with Gasteiger partial charge in [0.05, 0.1) is 0 Å². The summed E-state index contributed by atoms with van der Waals surface area (Å²) >= 11 is 0. The first-order chi connectivity index (χ1) is 8.10. The van der Waals surface area contributed by atoms with Crippen LogP contribution >= 0.6 is 0 Å². The molecule has 1 unspecified atom stereocenters. The summed E-state index contributed by atoms with van der Waals surface area (Å²) < 4.78 is 0. The fourth-order valence-corrected chi connectivity index (χ4v) is 2.48. The Balaban J connectivity index is 2.35. The van der Waals surface area contributed by atoms with Crippen LogP contribution in [0.25, 0.3) is 0 Å². The molecule has 108 valence electrons. The van der Waals surface area contributed by atoms with E-state index in [2.05, 4.69) is 63.7 Å². The van der Waals surface area contributed by atoms with Crippen molar-refractivity contribution in [2.45, 2.75) is 52.6 Å². The monoisotopic (exact) mass is 255 g/mol. The van der Waals surface area contributed by atoms with Crippen LogP contribution in [0.4, 0.5) is 0 Å². The quantitative estimate of drug-likeness (QED) is 0.829. The molecule has 1 aliphatic heterocycles. The molecule has 1 N–H and O–H groups in total. The third-order valence-electron chi connectivity index (χ3n) is 3.95. The van der Waals surface area contributed by atoms with E-state index in [1.807, 2.05) is 0 Å². The van der Waals surface area contributed by atoms with Crippen LogP contribution in [-0.2, 0) is 0 Å². The molecule has 0 aromatic carbocycles. The fraction of sp³-hybridized carbons (Fsp3) is 1.00. The highest BCUT2D eigenvalue weighted by molar-refractivity contribution is 4.88. The molecule has 1 saturated heterocycles. The Bertz CT molecular complexity index is 255. The van der Waals surface area contributed by atoms with Crippen molar-refractivity contribution >= 4 is 0 Å². The maximum absolute atomic E-state index is 3.60. The van der Waals surface area contributed by atoms with Gasteiger partial charge in [0.2, 0.25) is 0 Å². The zero-order valence-electron chi connectivity index (χ0n) is 13.5. The summed E-state index contributed by atoms with van der Waals surface area (Å²) in [6, 6.07) is 0. The van der Waals surface area contributed by atoms with E-state index in [0.29, 0.717) is 11.5 Å². The number of hydrogen-bond acceptors (Lipinski definition) is 3. The number of rotatable bonds is 4. The number of likely N-dealkylation sites (N-methyl/N-ethyl adjacent to an activating group) is 1. The van der Waals surface area contributed by atoms with Crippen LogP contribution in [0.3, 0.4) is 0 Å². The van der Waals surface area contributed by atoms with E-state index in [9.17, 15) is 0 Å². The first kappa shape index (κ1) is 15.9. The van der Waals surface area contributed by atoms with Crippen molar-refractivity contribution in [1.29, 1.82) is 0 Å². The largest absolute Gasteiger partial charge is 0.312 e. The fourth-order valence-electron chi connectivity index (χ4n) is 2.48. The van der Waals surface area contributed by atoms with Crippen molar-refractivity contribution in [3.8, 4) is 0 Å². The van der Waals surface area contributed by atoms with Crippen molar-refractivity contribution < 1.29 is 0 Å². The number of nitrogens with one attached hydrogen (secondary N) is 1. The van der Waals surface area contributed by atoms with Crippen LogP contribution in [0.15, 0.2) is 0 Å². The molecular weight excluding hydrogens is 222 g/mol. The maximum atomic E-state index is 3.60. The number of piperazine rings is 1. The highest BCUT2D eigenvalue weighted by Crippen LogP contribution is 2.19. The van der Waals surface area contributed by atoms with Crippen LogP contribution in [0, 0.1) is 5.92 Å². The highest BCUT2D eigenvalue weighted by Gasteiger charge is 2.31. The molecule has 1 fully saturated rings. The van der Waals surface area contributed by atoms with E-state index < -0.39 is 0 Å². The molecular formula is C15H33N3. The van der Waals surface area contributed by atoms with E-state index >= 15 is 0 Å². The van der Waals surface area contributed by atoms with Crippen LogP contribution in [-0.4, -0.2) is 60.6 Å². The lowest BCUT2D eigenvalue weighted by Crippen LogP contribution is -2.58. The number of hydrogen-bond donors (Lipinski definition) is 1. The minimum Gasteiger partial charge on any atom is -0.312 e. The summed E-state index contributed by atoms with van der Waals surface area (Å²) in [5, 5.41) is 3.60. The SMILES string of the molecule is CC(CNC(C)(C)C)CN1CCN(C)C(C)(C)C1. The standard InChI is InChI=1S/C15H33N3/c1-13(10-16-14(2,3)4)11-18-9-8-17(7)15(5,6)12-18/h13,16H,8-12H2,1-7H3. The van der Waals surface area contributed by atoms with Crippen LogP contribution in [0.2, 0.25) is 0 Å². The Morgan fingerprint density at radius 1 is 1.22 bits per heavy atom. The molecule has 3 heteroatoms. The third-order valence-corrected chi connectivity index (χ3v) is 3.95. The maximum Gasteiger partial charge on any atom is 0.0277 e.